The van der Waals surface area contributed by atoms with Gasteiger partial charge in [-0.3, -0.25) is 9.78 Å². The molecule has 1 fully saturated rings. The number of alkyl halides is 1. The van der Waals surface area contributed by atoms with Gasteiger partial charge in [-0.05, 0) is 0 Å². The molecule has 2 rings (SSSR count). The summed E-state index contributed by atoms with van der Waals surface area (Å²) in [5, 5.41) is 18.3. The third-order valence-electron chi connectivity index (χ3n) is 3.00. The Morgan fingerprint density at radius 3 is 2.03 bits per heavy atom. The van der Waals surface area contributed by atoms with Crippen LogP contribution < -0.4 is 11.2 Å². The van der Waals surface area contributed by atoms with Crippen molar-refractivity contribution in [3.05, 3.63) is 33.1 Å². The molecule has 3 atom stereocenters. The van der Waals surface area contributed by atoms with E-state index in [2.05, 4.69) is 8.62 Å². The number of hydrogen-bond acceptors (Lipinski definition) is 10. The van der Waals surface area contributed by atoms with Crippen LogP contribution in [0.15, 0.2) is 21.9 Å². The molecule has 0 amide bonds. The molecule has 2 heterocycles. The van der Waals surface area contributed by atoms with Crippen LogP contribution in [0, 0.1) is 0 Å². The Bertz CT molecular complexity index is 970. The number of aromatic amines is 1. The molecule has 0 saturated carbocycles. The highest BCUT2D eigenvalue weighted by Crippen LogP contribution is 2.64. The molecule has 1 aromatic heterocycles. The zero-order valence-electron chi connectivity index (χ0n) is 14.3. The quantitative estimate of drug-likeness (QED) is 0.187. The SMILES string of the molecule is O=P(O)(O)OP(=O)(O)OP(=O)(O)O.O=c1ccn([C@@]2(F)C[C@H](O)[C@@H](CO)O2)c(=O)[nH]1. The fraction of sp³-hybridized carbons (Fsp3) is 0.556. The van der Waals surface area contributed by atoms with E-state index in [0.29, 0.717) is 4.57 Å². The van der Waals surface area contributed by atoms with Crippen molar-refractivity contribution >= 4 is 23.5 Å². The van der Waals surface area contributed by atoms with Gasteiger partial charge in [0.25, 0.3) is 11.5 Å². The zero-order valence-corrected chi connectivity index (χ0v) is 17.0. The Morgan fingerprint density at radius 1 is 1.17 bits per heavy atom. The standard InChI is InChI=1S/C9H11FN2O5.H5O10P3/c10-9(3-5(14)6(4-13)17-9)12-2-1-7(15)11-8(12)16;1-11(2,3)9-13(7,8)10-12(4,5)6/h1-2,5-6,13-14H,3-4H2,(H,11,15,16);(H,7,8)(H2,1,2,3)(H2,4,5,6)/t5-,6+,9-;/m0./s1. The molecule has 0 bridgehead atoms. The third kappa shape index (κ3) is 8.56. The van der Waals surface area contributed by atoms with Crippen molar-refractivity contribution < 1.29 is 66.1 Å². The summed E-state index contributed by atoms with van der Waals surface area (Å²) in [6.45, 7) is -0.565. The fourth-order valence-electron chi connectivity index (χ4n) is 2.03. The first-order valence-electron chi connectivity index (χ1n) is 7.22. The van der Waals surface area contributed by atoms with Gasteiger partial charge in [-0.15, -0.1) is 0 Å². The van der Waals surface area contributed by atoms with Gasteiger partial charge in [0.2, 0.25) is 0 Å². The third-order valence-corrected chi connectivity index (χ3v) is 6.36. The number of hydrogen-bond donors (Lipinski definition) is 8. The molecule has 0 unspecified atom stereocenters. The maximum Gasteiger partial charge on any atom is 0.490 e. The molecule has 21 heteroatoms. The van der Waals surface area contributed by atoms with Crippen LogP contribution in [0.2, 0.25) is 0 Å². The molecular formula is C9H16FN2O15P3. The maximum atomic E-state index is 14.3. The predicted octanol–water partition coefficient (Wildman–Crippen LogP) is -2.44. The van der Waals surface area contributed by atoms with Gasteiger partial charge in [-0.25, -0.2) is 23.1 Å². The fourth-order valence-corrected chi connectivity index (χ4v) is 4.56. The summed E-state index contributed by atoms with van der Waals surface area (Å²) in [6, 6.07) is 0.963. The Hall–Kier alpha value is -1.10. The highest BCUT2D eigenvalue weighted by atomic mass is 31.3. The normalized spacial score (nSPS) is 24.9. The first-order chi connectivity index (χ1) is 13.4. The molecule has 0 aliphatic carbocycles. The lowest BCUT2D eigenvalue weighted by Gasteiger charge is -2.21. The lowest BCUT2D eigenvalue weighted by molar-refractivity contribution is -0.205. The molecule has 0 aromatic carbocycles. The Kier molecular flexibility index (Phi) is 8.60. The number of nitrogens with zero attached hydrogens (tertiary/aromatic N) is 1. The summed E-state index contributed by atoms with van der Waals surface area (Å²) in [5.74, 6) is -2.56. The highest BCUT2D eigenvalue weighted by molar-refractivity contribution is 7.66. The van der Waals surface area contributed by atoms with Crippen molar-refractivity contribution in [3.8, 4) is 0 Å². The van der Waals surface area contributed by atoms with Crippen LogP contribution in [0.4, 0.5) is 4.39 Å². The Labute approximate surface area is 164 Å². The summed E-state index contributed by atoms with van der Waals surface area (Å²) >= 11 is 0. The summed E-state index contributed by atoms with van der Waals surface area (Å²) in [6.07, 6.45) is -1.87. The van der Waals surface area contributed by atoms with Gasteiger partial charge in [0.1, 0.15) is 6.10 Å². The predicted molar refractivity (Wildman–Crippen MR) is 89.1 cm³/mol. The molecule has 0 radical (unpaired) electrons. The summed E-state index contributed by atoms with van der Waals surface area (Å²) < 4.78 is 56.0. The van der Waals surface area contributed by atoms with Gasteiger partial charge >= 0.3 is 29.2 Å². The summed E-state index contributed by atoms with van der Waals surface area (Å²) in [7, 11) is -16.2. The highest BCUT2D eigenvalue weighted by Gasteiger charge is 2.48. The van der Waals surface area contributed by atoms with Crippen molar-refractivity contribution in [1.82, 2.24) is 9.55 Å². The number of rotatable bonds is 6. The average molecular weight is 504 g/mol. The van der Waals surface area contributed by atoms with Crippen LogP contribution in [0.25, 0.3) is 0 Å². The van der Waals surface area contributed by atoms with Gasteiger partial charge in [-0.2, -0.15) is 13.0 Å². The van der Waals surface area contributed by atoms with Crippen molar-refractivity contribution in [2.24, 2.45) is 0 Å². The topological polar surface area (TPSA) is 275 Å². The molecule has 1 aliphatic rings. The smallest absolute Gasteiger partial charge is 0.394 e. The van der Waals surface area contributed by atoms with Crippen LogP contribution in [0.5, 0.6) is 0 Å². The Morgan fingerprint density at radius 2 is 1.67 bits per heavy atom. The minimum atomic E-state index is -5.46. The first-order valence-corrected chi connectivity index (χ1v) is 11.8. The summed E-state index contributed by atoms with van der Waals surface area (Å²) in [5.41, 5.74) is -1.64. The molecule has 174 valence electrons. The second-order valence-corrected chi connectivity index (χ2v) is 9.60. The molecular weight excluding hydrogens is 488 g/mol. The van der Waals surface area contributed by atoms with Gasteiger partial charge in [0.05, 0.1) is 19.1 Å². The number of ether oxygens (including phenoxy) is 1. The number of H-pyrrole nitrogens is 1. The van der Waals surface area contributed by atoms with Crippen LogP contribution in [0.3, 0.4) is 0 Å². The van der Waals surface area contributed by atoms with Crippen molar-refractivity contribution in [2.45, 2.75) is 24.6 Å². The molecule has 30 heavy (non-hydrogen) atoms. The molecule has 0 spiro atoms. The molecule has 1 aliphatic heterocycles. The lowest BCUT2D eigenvalue weighted by atomic mass is 10.2. The van der Waals surface area contributed by atoms with Crippen molar-refractivity contribution in [2.75, 3.05) is 6.61 Å². The van der Waals surface area contributed by atoms with E-state index in [1.165, 1.54) is 0 Å². The minimum Gasteiger partial charge on any atom is -0.394 e. The second kappa shape index (κ2) is 9.58. The monoisotopic (exact) mass is 504 g/mol. The van der Waals surface area contributed by atoms with Crippen molar-refractivity contribution in [3.63, 3.8) is 0 Å². The molecule has 8 N–H and O–H groups in total. The number of phosphoric acid groups is 3. The van der Waals surface area contributed by atoms with E-state index in [9.17, 15) is 32.8 Å². The summed E-state index contributed by atoms with van der Waals surface area (Å²) in [4.78, 5) is 64.3. The van der Waals surface area contributed by atoms with Crippen LogP contribution in [-0.4, -0.2) is 63.0 Å². The van der Waals surface area contributed by atoms with Crippen molar-refractivity contribution in [1.29, 1.82) is 0 Å². The van der Waals surface area contributed by atoms with E-state index >= 15 is 0 Å². The van der Waals surface area contributed by atoms with Gasteiger partial charge in [0, 0.05) is 12.3 Å². The van der Waals surface area contributed by atoms with E-state index < -0.39 is 65.9 Å². The number of aliphatic hydroxyl groups is 2. The number of aliphatic hydroxyl groups excluding tert-OH is 2. The first kappa shape index (κ1) is 26.9. The number of halogens is 1. The molecule has 1 saturated heterocycles. The Balaban J connectivity index is 0.000000314. The largest absolute Gasteiger partial charge is 0.490 e. The molecule has 1 aromatic rings. The second-order valence-electron chi connectivity index (χ2n) is 5.39. The number of aromatic nitrogens is 2. The van der Waals surface area contributed by atoms with Gasteiger partial charge < -0.3 is 39.4 Å². The van der Waals surface area contributed by atoms with E-state index in [-0.39, 0.29) is 0 Å². The minimum absolute atomic E-state index is 0.496. The lowest BCUT2D eigenvalue weighted by Crippen LogP contribution is -2.41. The van der Waals surface area contributed by atoms with E-state index in [1.807, 2.05) is 4.98 Å². The van der Waals surface area contributed by atoms with E-state index in [4.69, 9.17) is 34.3 Å². The van der Waals surface area contributed by atoms with Gasteiger partial charge in [-0.1, -0.05) is 0 Å². The van der Waals surface area contributed by atoms with Crippen LogP contribution in [0.1, 0.15) is 6.42 Å². The van der Waals surface area contributed by atoms with Gasteiger partial charge in [0.15, 0.2) is 0 Å². The number of nitrogens with one attached hydrogen (secondary N) is 1. The van der Waals surface area contributed by atoms with E-state index in [1.54, 1.807) is 0 Å². The van der Waals surface area contributed by atoms with Crippen LogP contribution in [-0.2, 0) is 33.0 Å². The average Bonchev–Trinajstić information content (AvgIpc) is 2.77. The van der Waals surface area contributed by atoms with Crippen LogP contribution >= 0.6 is 23.5 Å². The van der Waals surface area contributed by atoms with E-state index in [0.717, 1.165) is 12.3 Å². The molecule has 17 nitrogen and oxygen atoms in total. The zero-order chi connectivity index (χ0) is 23.5. The maximum absolute atomic E-state index is 14.3.